The molecule has 98 valence electrons. The summed E-state index contributed by atoms with van der Waals surface area (Å²) in [6.07, 6.45) is 1.52. The van der Waals surface area contributed by atoms with Gasteiger partial charge in [0.05, 0.1) is 11.5 Å². The summed E-state index contributed by atoms with van der Waals surface area (Å²) in [6, 6.07) is 6.01. The summed E-state index contributed by atoms with van der Waals surface area (Å²) in [5.74, 6) is -0.680. The van der Waals surface area contributed by atoms with Gasteiger partial charge < -0.3 is 10.0 Å². The molecule has 4 heteroatoms. The zero-order valence-corrected chi connectivity index (χ0v) is 12.5. The number of hydrogen-bond acceptors (Lipinski definition) is 2. The van der Waals surface area contributed by atoms with Crippen LogP contribution >= 0.6 is 15.9 Å². The molecule has 0 radical (unpaired) electrons. The van der Waals surface area contributed by atoms with Crippen molar-refractivity contribution in [1.82, 2.24) is 4.90 Å². The number of carboxylic acid groups (broad SMARTS) is 1. The summed E-state index contributed by atoms with van der Waals surface area (Å²) in [6.45, 7) is 2.04. The zero-order valence-electron chi connectivity index (χ0n) is 10.9. The Morgan fingerprint density at radius 3 is 2.50 bits per heavy atom. The molecule has 0 spiro atoms. The van der Waals surface area contributed by atoms with Gasteiger partial charge in [0.1, 0.15) is 0 Å². The quantitative estimate of drug-likeness (QED) is 0.928. The molecule has 0 bridgehead atoms. The van der Waals surface area contributed by atoms with Crippen LogP contribution in [0.3, 0.4) is 0 Å². The van der Waals surface area contributed by atoms with E-state index in [2.05, 4.69) is 15.9 Å². The highest BCUT2D eigenvalue weighted by Gasteiger charge is 2.57. The summed E-state index contributed by atoms with van der Waals surface area (Å²) in [5.41, 5.74) is 1.65. The van der Waals surface area contributed by atoms with Crippen molar-refractivity contribution in [3.05, 3.63) is 33.8 Å². The third-order valence-corrected chi connectivity index (χ3v) is 4.28. The lowest BCUT2D eigenvalue weighted by molar-refractivity contribution is -0.146. The number of benzene rings is 1. The highest BCUT2D eigenvalue weighted by Crippen LogP contribution is 2.57. The van der Waals surface area contributed by atoms with Crippen molar-refractivity contribution in [2.75, 3.05) is 14.1 Å². The van der Waals surface area contributed by atoms with Crippen molar-refractivity contribution in [2.24, 2.45) is 5.41 Å². The van der Waals surface area contributed by atoms with E-state index in [1.807, 2.05) is 44.1 Å². The summed E-state index contributed by atoms with van der Waals surface area (Å²) < 4.78 is 0.996. The van der Waals surface area contributed by atoms with Crippen molar-refractivity contribution >= 4 is 21.9 Å². The lowest BCUT2D eigenvalue weighted by atomic mass is 9.87. The van der Waals surface area contributed by atoms with E-state index >= 15 is 0 Å². The zero-order chi connectivity index (χ0) is 13.5. The maximum absolute atomic E-state index is 11.6. The molecule has 0 aromatic heterocycles. The van der Waals surface area contributed by atoms with Crippen molar-refractivity contribution < 1.29 is 9.90 Å². The molecule has 0 heterocycles. The Labute approximate surface area is 116 Å². The predicted molar refractivity (Wildman–Crippen MR) is 74.6 cm³/mol. The van der Waals surface area contributed by atoms with Crippen LogP contribution in [0.5, 0.6) is 0 Å². The van der Waals surface area contributed by atoms with Crippen LogP contribution in [-0.4, -0.2) is 30.1 Å². The normalized spacial score (nSPS) is 18.7. The molecular weight excluding hydrogens is 294 g/mol. The molecular formula is C14H18BrNO2. The highest BCUT2D eigenvalue weighted by molar-refractivity contribution is 9.10. The molecule has 1 aromatic rings. The second-order valence-corrected chi connectivity index (χ2v) is 6.24. The molecule has 1 aliphatic carbocycles. The Morgan fingerprint density at radius 1 is 1.44 bits per heavy atom. The van der Waals surface area contributed by atoms with Gasteiger partial charge in [-0.3, -0.25) is 4.79 Å². The van der Waals surface area contributed by atoms with E-state index in [-0.39, 0.29) is 6.04 Å². The van der Waals surface area contributed by atoms with Crippen LogP contribution < -0.4 is 0 Å². The fourth-order valence-electron chi connectivity index (χ4n) is 2.71. The maximum atomic E-state index is 11.6. The number of halogens is 1. The Morgan fingerprint density at radius 2 is 2.06 bits per heavy atom. The second kappa shape index (κ2) is 4.67. The number of carbonyl (C=O) groups is 1. The van der Waals surface area contributed by atoms with Gasteiger partial charge in [-0.2, -0.15) is 0 Å². The van der Waals surface area contributed by atoms with Crippen LogP contribution in [0.2, 0.25) is 0 Å². The molecule has 1 saturated carbocycles. The van der Waals surface area contributed by atoms with Crippen molar-refractivity contribution in [3.8, 4) is 0 Å². The molecule has 18 heavy (non-hydrogen) atoms. The SMILES string of the molecule is Cc1ccc(Br)cc1C(N(C)C)C1(C(=O)O)CC1. The second-order valence-electron chi connectivity index (χ2n) is 5.33. The highest BCUT2D eigenvalue weighted by atomic mass is 79.9. The van der Waals surface area contributed by atoms with E-state index in [4.69, 9.17) is 0 Å². The first kappa shape index (κ1) is 13.6. The van der Waals surface area contributed by atoms with Crippen LogP contribution in [0, 0.1) is 12.3 Å². The molecule has 1 aromatic carbocycles. The van der Waals surface area contributed by atoms with Crippen molar-refractivity contribution in [3.63, 3.8) is 0 Å². The Bertz CT molecular complexity index is 481. The van der Waals surface area contributed by atoms with Crippen molar-refractivity contribution in [2.45, 2.75) is 25.8 Å². The molecule has 1 N–H and O–H groups in total. The Kier molecular flexibility index (Phi) is 3.52. The van der Waals surface area contributed by atoms with Crippen LogP contribution in [0.15, 0.2) is 22.7 Å². The van der Waals surface area contributed by atoms with Gasteiger partial charge in [-0.15, -0.1) is 0 Å². The third-order valence-electron chi connectivity index (χ3n) is 3.79. The van der Waals surface area contributed by atoms with Crippen LogP contribution in [0.4, 0.5) is 0 Å². The first-order chi connectivity index (χ1) is 8.38. The molecule has 0 aliphatic heterocycles. The van der Waals surface area contributed by atoms with E-state index in [1.54, 1.807) is 0 Å². The summed E-state index contributed by atoms with van der Waals surface area (Å²) in [4.78, 5) is 13.6. The average molecular weight is 312 g/mol. The molecule has 3 nitrogen and oxygen atoms in total. The molecule has 1 fully saturated rings. The predicted octanol–water partition coefficient (Wildman–Crippen LogP) is 3.23. The smallest absolute Gasteiger partial charge is 0.311 e. The van der Waals surface area contributed by atoms with E-state index < -0.39 is 11.4 Å². The lowest BCUT2D eigenvalue weighted by Crippen LogP contribution is -2.34. The number of nitrogens with zero attached hydrogens (tertiary/aromatic N) is 1. The van der Waals surface area contributed by atoms with E-state index in [1.165, 1.54) is 0 Å². The van der Waals surface area contributed by atoms with Gasteiger partial charge in [-0.25, -0.2) is 0 Å². The van der Waals surface area contributed by atoms with E-state index in [0.29, 0.717) is 0 Å². The minimum absolute atomic E-state index is 0.0625. The van der Waals surface area contributed by atoms with E-state index in [9.17, 15) is 9.90 Å². The topological polar surface area (TPSA) is 40.5 Å². The molecule has 2 rings (SSSR count). The number of aryl methyl sites for hydroxylation is 1. The summed E-state index contributed by atoms with van der Waals surface area (Å²) >= 11 is 3.47. The average Bonchev–Trinajstić information content (AvgIpc) is 3.04. The summed E-state index contributed by atoms with van der Waals surface area (Å²) in [7, 11) is 3.90. The molecule has 0 saturated heterocycles. The molecule has 1 atom stereocenters. The number of carboxylic acids is 1. The van der Waals surface area contributed by atoms with E-state index in [0.717, 1.165) is 28.4 Å². The van der Waals surface area contributed by atoms with Gasteiger partial charge in [0.15, 0.2) is 0 Å². The van der Waals surface area contributed by atoms with Gasteiger partial charge >= 0.3 is 5.97 Å². The van der Waals surface area contributed by atoms with Gasteiger partial charge in [0, 0.05) is 4.47 Å². The van der Waals surface area contributed by atoms with Gasteiger partial charge in [-0.05, 0) is 57.1 Å². The molecule has 0 amide bonds. The van der Waals surface area contributed by atoms with Gasteiger partial charge in [0.25, 0.3) is 0 Å². The fourth-order valence-corrected chi connectivity index (χ4v) is 3.09. The van der Waals surface area contributed by atoms with Crippen LogP contribution in [-0.2, 0) is 4.79 Å². The monoisotopic (exact) mass is 311 g/mol. The van der Waals surface area contributed by atoms with Crippen LogP contribution in [0.25, 0.3) is 0 Å². The molecule has 1 aliphatic rings. The minimum atomic E-state index is -0.680. The lowest BCUT2D eigenvalue weighted by Gasteiger charge is -2.31. The summed E-state index contributed by atoms with van der Waals surface area (Å²) in [5, 5.41) is 9.51. The first-order valence-electron chi connectivity index (χ1n) is 6.04. The van der Waals surface area contributed by atoms with Gasteiger partial charge in [-0.1, -0.05) is 22.0 Å². The molecule has 1 unspecified atom stereocenters. The Hall–Kier alpha value is -0.870. The number of aliphatic carboxylic acids is 1. The first-order valence-corrected chi connectivity index (χ1v) is 6.83. The fraction of sp³-hybridized carbons (Fsp3) is 0.500. The third kappa shape index (κ3) is 2.19. The maximum Gasteiger partial charge on any atom is 0.311 e. The minimum Gasteiger partial charge on any atom is -0.481 e. The number of rotatable bonds is 4. The van der Waals surface area contributed by atoms with Crippen LogP contribution in [0.1, 0.15) is 30.0 Å². The standard InChI is InChI=1S/C14H18BrNO2/c1-9-4-5-10(15)8-11(9)12(16(2)3)14(6-7-14)13(17)18/h4-5,8,12H,6-7H2,1-3H3,(H,17,18). The van der Waals surface area contributed by atoms with Gasteiger partial charge in [0.2, 0.25) is 0 Å². The Balaban J connectivity index is 2.49. The number of hydrogen-bond donors (Lipinski definition) is 1. The largest absolute Gasteiger partial charge is 0.481 e. The van der Waals surface area contributed by atoms with Crippen molar-refractivity contribution in [1.29, 1.82) is 0 Å².